The fraction of sp³-hybridized carbons (Fsp3) is 0.400. The molecule has 1 aliphatic heterocycles. The van der Waals surface area contributed by atoms with Gasteiger partial charge in [0.05, 0.1) is 17.2 Å². The summed E-state index contributed by atoms with van der Waals surface area (Å²) in [6.07, 6.45) is 11.5. The van der Waals surface area contributed by atoms with Gasteiger partial charge in [-0.25, -0.2) is 9.97 Å². The van der Waals surface area contributed by atoms with Crippen LogP contribution in [-0.4, -0.2) is 30.8 Å². The number of hydrogen-bond acceptors (Lipinski definition) is 5. The van der Waals surface area contributed by atoms with Crippen molar-refractivity contribution in [2.24, 2.45) is 0 Å². The van der Waals surface area contributed by atoms with Crippen LogP contribution >= 0.6 is 11.3 Å². The van der Waals surface area contributed by atoms with Crippen LogP contribution in [0.2, 0.25) is 0 Å². The van der Waals surface area contributed by atoms with Crippen molar-refractivity contribution in [3.05, 3.63) is 46.9 Å². The summed E-state index contributed by atoms with van der Waals surface area (Å²) in [7, 11) is 0. The maximum Gasteiger partial charge on any atom is 0.233 e. The van der Waals surface area contributed by atoms with Gasteiger partial charge in [0.25, 0.3) is 0 Å². The van der Waals surface area contributed by atoms with Crippen LogP contribution in [0.4, 0.5) is 0 Å². The third-order valence-electron chi connectivity index (χ3n) is 4.08. The average molecular weight is 299 g/mol. The molecule has 0 aliphatic carbocycles. The molecule has 21 heavy (non-hydrogen) atoms. The summed E-state index contributed by atoms with van der Waals surface area (Å²) in [5, 5.41) is 0. The monoisotopic (exact) mass is 299 g/mol. The van der Waals surface area contributed by atoms with Crippen LogP contribution in [0.15, 0.2) is 36.4 Å². The number of fused-ring (bicyclic) bond motifs is 1. The Morgan fingerprint density at radius 2 is 2.29 bits per heavy atom. The van der Waals surface area contributed by atoms with E-state index in [9.17, 15) is 0 Å². The number of nitrogens with zero attached hydrogens (tertiary/aromatic N) is 5. The van der Waals surface area contributed by atoms with Gasteiger partial charge < -0.3 is 0 Å². The molecule has 6 heteroatoms. The Bertz CT molecular complexity index is 721. The molecule has 3 aromatic rings. The molecule has 0 spiro atoms. The van der Waals surface area contributed by atoms with E-state index in [4.69, 9.17) is 4.98 Å². The van der Waals surface area contributed by atoms with Crippen LogP contribution in [0.3, 0.4) is 0 Å². The molecule has 0 aromatic carbocycles. The van der Waals surface area contributed by atoms with E-state index in [1.807, 2.05) is 22.3 Å². The van der Waals surface area contributed by atoms with Crippen molar-refractivity contribution in [3.8, 4) is 0 Å². The van der Waals surface area contributed by atoms with Crippen LogP contribution in [0.1, 0.15) is 35.9 Å². The van der Waals surface area contributed by atoms with Gasteiger partial charge in [-0.1, -0.05) is 6.42 Å². The van der Waals surface area contributed by atoms with E-state index < -0.39 is 0 Å². The molecule has 4 rings (SSSR count). The Hall–Kier alpha value is -1.79. The molecule has 3 aromatic heterocycles. The predicted octanol–water partition coefficient (Wildman–Crippen LogP) is 2.91. The largest absolute Gasteiger partial charge is 0.291 e. The number of aromatic nitrogens is 4. The second-order valence-electron chi connectivity index (χ2n) is 5.44. The molecule has 1 atom stereocenters. The number of imidazole rings is 1. The van der Waals surface area contributed by atoms with Crippen molar-refractivity contribution in [2.45, 2.75) is 31.8 Å². The lowest BCUT2D eigenvalue weighted by Gasteiger charge is -2.34. The van der Waals surface area contributed by atoms with E-state index in [0.717, 1.165) is 24.6 Å². The first-order chi connectivity index (χ1) is 10.4. The molecule has 0 N–H and O–H groups in total. The normalized spacial score (nSPS) is 20.1. The maximum atomic E-state index is 4.74. The fourth-order valence-electron chi connectivity index (χ4n) is 3.04. The lowest BCUT2D eigenvalue weighted by Crippen LogP contribution is -2.33. The number of rotatable bonds is 3. The zero-order chi connectivity index (χ0) is 14.1. The second-order valence-corrected chi connectivity index (χ2v) is 6.41. The molecule has 0 amide bonds. The Balaban J connectivity index is 1.63. The quantitative estimate of drug-likeness (QED) is 0.746. The van der Waals surface area contributed by atoms with Gasteiger partial charge in [-0.2, -0.15) is 0 Å². The smallest absolute Gasteiger partial charge is 0.233 e. The molecule has 1 aliphatic rings. The first kappa shape index (κ1) is 12.9. The lowest BCUT2D eigenvalue weighted by atomic mass is 9.99. The van der Waals surface area contributed by atoms with Crippen LogP contribution in [0.25, 0.3) is 5.78 Å². The first-order valence-corrected chi connectivity index (χ1v) is 8.19. The Morgan fingerprint density at radius 3 is 3.19 bits per heavy atom. The van der Waals surface area contributed by atoms with Crippen molar-refractivity contribution in [1.82, 2.24) is 24.3 Å². The summed E-state index contributed by atoms with van der Waals surface area (Å²) < 4.78 is 1.96. The molecule has 108 valence electrons. The predicted molar refractivity (Wildman–Crippen MR) is 82.1 cm³/mol. The van der Waals surface area contributed by atoms with Crippen molar-refractivity contribution in [2.75, 3.05) is 6.54 Å². The third kappa shape index (κ3) is 2.56. The van der Waals surface area contributed by atoms with Gasteiger partial charge in [0, 0.05) is 36.2 Å². The zero-order valence-corrected chi connectivity index (χ0v) is 12.5. The molecule has 0 unspecified atom stereocenters. The molecule has 1 fully saturated rings. The number of hydrogen-bond donors (Lipinski definition) is 0. The number of piperidine rings is 1. The minimum absolute atomic E-state index is 0.391. The Kier molecular flexibility index (Phi) is 3.40. The summed E-state index contributed by atoms with van der Waals surface area (Å²) in [5.74, 6) is 0.788. The molecular weight excluding hydrogens is 282 g/mol. The summed E-state index contributed by atoms with van der Waals surface area (Å²) in [6, 6.07) is 2.52. The molecule has 4 heterocycles. The lowest BCUT2D eigenvalue weighted by molar-refractivity contribution is 0.138. The highest BCUT2D eigenvalue weighted by Gasteiger charge is 2.25. The van der Waals surface area contributed by atoms with Crippen molar-refractivity contribution >= 4 is 17.1 Å². The maximum absolute atomic E-state index is 4.74. The van der Waals surface area contributed by atoms with Crippen molar-refractivity contribution in [1.29, 1.82) is 0 Å². The minimum Gasteiger partial charge on any atom is -0.291 e. The van der Waals surface area contributed by atoms with E-state index in [2.05, 4.69) is 27.1 Å². The number of thiazole rings is 1. The van der Waals surface area contributed by atoms with E-state index in [1.54, 1.807) is 17.5 Å². The standard InChI is InChI=1S/C15H17N5S/c1-2-6-20(10-12-9-16-11-21-12)14(3-1)13-4-7-19-8-5-17-15(19)18-13/h4-5,7-9,11,14H,1-3,6,10H2/t14-/m1/s1. The summed E-state index contributed by atoms with van der Waals surface area (Å²) in [4.78, 5) is 17.1. The van der Waals surface area contributed by atoms with Gasteiger partial charge in [-0.15, -0.1) is 11.3 Å². The van der Waals surface area contributed by atoms with E-state index in [-0.39, 0.29) is 0 Å². The van der Waals surface area contributed by atoms with Crippen molar-refractivity contribution in [3.63, 3.8) is 0 Å². The molecule has 5 nitrogen and oxygen atoms in total. The van der Waals surface area contributed by atoms with Crippen LogP contribution in [0, 0.1) is 0 Å². The van der Waals surface area contributed by atoms with E-state index in [1.165, 1.54) is 24.1 Å². The summed E-state index contributed by atoms with van der Waals surface area (Å²) in [5.41, 5.74) is 3.04. The second kappa shape index (κ2) is 5.54. The van der Waals surface area contributed by atoms with Gasteiger partial charge in [-0.3, -0.25) is 14.3 Å². The van der Waals surface area contributed by atoms with Gasteiger partial charge in [0.2, 0.25) is 5.78 Å². The highest BCUT2D eigenvalue weighted by molar-refractivity contribution is 7.09. The van der Waals surface area contributed by atoms with E-state index in [0.29, 0.717) is 6.04 Å². The molecule has 0 bridgehead atoms. The van der Waals surface area contributed by atoms with Gasteiger partial charge in [0.1, 0.15) is 0 Å². The van der Waals surface area contributed by atoms with Crippen LogP contribution in [0.5, 0.6) is 0 Å². The summed E-state index contributed by atoms with van der Waals surface area (Å²) >= 11 is 1.73. The first-order valence-electron chi connectivity index (χ1n) is 7.31. The SMILES string of the molecule is c1cn2ccc([C@H]3CCCCN3Cc3cncs3)nc2n1. The molecular formula is C15H17N5S. The highest BCUT2D eigenvalue weighted by Crippen LogP contribution is 2.31. The minimum atomic E-state index is 0.391. The number of likely N-dealkylation sites (tertiary alicyclic amines) is 1. The Labute approximate surface area is 127 Å². The third-order valence-corrected chi connectivity index (χ3v) is 4.85. The van der Waals surface area contributed by atoms with Gasteiger partial charge in [0.15, 0.2) is 0 Å². The molecule has 1 saturated heterocycles. The van der Waals surface area contributed by atoms with E-state index >= 15 is 0 Å². The van der Waals surface area contributed by atoms with Crippen LogP contribution < -0.4 is 0 Å². The van der Waals surface area contributed by atoms with Gasteiger partial charge in [-0.05, 0) is 25.5 Å². The fourth-order valence-corrected chi connectivity index (χ4v) is 3.66. The zero-order valence-electron chi connectivity index (χ0n) is 11.7. The topological polar surface area (TPSA) is 46.3 Å². The Morgan fingerprint density at radius 1 is 1.29 bits per heavy atom. The molecule has 0 radical (unpaired) electrons. The highest BCUT2D eigenvalue weighted by atomic mass is 32.1. The average Bonchev–Trinajstić information content (AvgIpc) is 3.18. The van der Waals surface area contributed by atoms with Gasteiger partial charge >= 0.3 is 0 Å². The van der Waals surface area contributed by atoms with Crippen molar-refractivity contribution < 1.29 is 0 Å². The van der Waals surface area contributed by atoms with Crippen LogP contribution in [-0.2, 0) is 6.54 Å². The summed E-state index contributed by atoms with van der Waals surface area (Å²) in [6.45, 7) is 2.10. The molecule has 0 saturated carbocycles.